The summed E-state index contributed by atoms with van der Waals surface area (Å²) < 4.78 is 12.8. The van der Waals surface area contributed by atoms with Gasteiger partial charge < -0.3 is 10.3 Å². The Hall–Kier alpha value is -2.13. The van der Waals surface area contributed by atoms with Crippen molar-refractivity contribution in [1.82, 2.24) is 10.3 Å². The highest BCUT2D eigenvalue weighted by Crippen LogP contribution is 2.17. The van der Waals surface area contributed by atoms with Crippen LogP contribution in [0, 0.1) is 5.82 Å². The van der Waals surface area contributed by atoms with Gasteiger partial charge in [0.25, 0.3) is 0 Å². The minimum atomic E-state index is -0.194. The molecule has 3 rings (SSSR count). The smallest absolute Gasteiger partial charge is 0.123 e. The number of nitrogens with one attached hydrogen (secondary N) is 2. The van der Waals surface area contributed by atoms with Crippen LogP contribution in [0.1, 0.15) is 11.1 Å². The third-order valence-corrected chi connectivity index (χ3v) is 3.23. The lowest BCUT2D eigenvalue weighted by atomic mass is 10.1. The van der Waals surface area contributed by atoms with Gasteiger partial charge in [-0.25, -0.2) is 4.39 Å². The van der Waals surface area contributed by atoms with Gasteiger partial charge in [0.15, 0.2) is 0 Å². The van der Waals surface area contributed by atoms with Gasteiger partial charge in [-0.2, -0.15) is 0 Å². The fourth-order valence-electron chi connectivity index (χ4n) is 2.22. The summed E-state index contributed by atoms with van der Waals surface area (Å²) in [4.78, 5) is 3.25. The molecule has 2 N–H and O–H groups in total. The maximum absolute atomic E-state index is 12.8. The summed E-state index contributed by atoms with van der Waals surface area (Å²) in [6, 6.07) is 14.8. The molecule has 2 aromatic carbocycles. The number of aromatic amines is 1. The van der Waals surface area contributed by atoms with Crippen molar-refractivity contribution in [3.8, 4) is 0 Å². The lowest BCUT2D eigenvalue weighted by Gasteiger charge is -2.04. The molecule has 0 aliphatic heterocycles. The van der Waals surface area contributed by atoms with E-state index in [1.807, 2.05) is 18.3 Å². The first-order chi connectivity index (χ1) is 9.33. The molecular formula is C16H15FN2. The van der Waals surface area contributed by atoms with Crippen molar-refractivity contribution in [3.05, 3.63) is 71.7 Å². The van der Waals surface area contributed by atoms with E-state index in [1.54, 1.807) is 12.1 Å². The SMILES string of the molecule is Fc1ccc(CNCc2c[nH]c3ccccc23)cc1. The van der Waals surface area contributed by atoms with Crippen LogP contribution in [0.15, 0.2) is 54.7 Å². The van der Waals surface area contributed by atoms with Gasteiger partial charge in [-0.3, -0.25) is 0 Å². The summed E-state index contributed by atoms with van der Waals surface area (Å²) in [6.45, 7) is 1.53. The fraction of sp³-hybridized carbons (Fsp3) is 0.125. The first kappa shape index (κ1) is 11.9. The third kappa shape index (κ3) is 2.66. The van der Waals surface area contributed by atoms with Crippen LogP contribution in [0.3, 0.4) is 0 Å². The second-order valence-electron chi connectivity index (χ2n) is 4.59. The van der Waals surface area contributed by atoms with Gasteiger partial charge in [-0.05, 0) is 29.3 Å². The minimum absolute atomic E-state index is 0.194. The maximum Gasteiger partial charge on any atom is 0.123 e. The number of para-hydroxylation sites is 1. The van der Waals surface area contributed by atoms with E-state index in [4.69, 9.17) is 0 Å². The molecule has 0 bridgehead atoms. The number of rotatable bonds is 4. The van der Waals surface area contributed by atoms with Crippen molar-refractivity contribution in [2.75, 3.05) is 0 Å². The molecule has 1 aromatic heterocycles. The van der Waals surface area contributed by atoms with Crippen LogP contribution in [-0.2, 0) is 13.1 Å². The zero-order valence-electron chi connectivity index (χ0n) is 10.5. The topological polar surface area (TPSA) is 27.8 Å². The molecule has 0 amide bonds. The Morgan fingerprint density at radius 3 is 2.58 bits per heavy atom. The molecule has 0 fully saturated rings. The van der Waals surface area contributed by atoms with Crippen molar-refractivity contribution in [3.63, 3.8) is 0 Å². The summed E-state index contributed by atoms with van der Waals surface area (Å²) in [5, 5.41) is 4.62. The number of hydrogen-bond donors (Lipinski definition) is 2. The molecule has 0 aliphatic carbocycles. The largest absolute Gasteiger partial charge is 0.361 e. The van der Waals surface area contributed by atoms with E-state index in [0.717, 1.165) is 24.2 Å². The van der Waals surface area contributed by atoms with E-state index in [1.165, 1.54) is 23.1 Å². The summed E-state index contributed by atoms with van der Waals surface area (Å²) >= 11 is 0. The molecule has 3 aromatic rings. The van der Waals surface area contributed by atoms with Crippen molar-refractivity contribution in [2.45, 2.75) is 13.1 Å². The Morgan fingerprint density at radius 1 is 0.947 bits per heavy atom. The van der Waals surface area contributed by atoms with Crippen molar-refractivity contribution in [2.24, 2.45) is 0 Å². The molecular weight excluding hydrogens is 239 g/mol. The molecule has 2 nitrogen and oxygen atoms in total. The maximum atomic E-state index is 12.8. The van der Waals surface area contributed by atoms with Gasteiger partial charge in [-0.15, -0.1) is 0 Å². The van der Waals surface area contributed by atoms with Crippen LogP contribution in [0.2, 0.25) is 0 Å². The monoisotopic (exact) mass is 254 g/mol. The normalized spacial score (nSPS) is 11.0. The highest BCUT2D eigenvalue weighted by molar-refractivity contribution is 5.82. The number of aromatic nitrogens is 1. The zero-order valence-corrected chi connectivity index (χ0v) is 10.5. The molecule has 0 unspecified atom stereocenters. The summed E-state index contributed by atoms with van der Waals surface area (Å²) in [7, 11) is 0. The van der Waals surface area contributed by atoms with Crippen molar-refractivity contribution < 1.29 is 4.39 Å². The predicted molar refractivity (Wildman–Crippen MR) is 75.2 cm³/mol. The Morgan fingerprint density at radius 2 is 1.74 bits per heavy atom. The van der Waals surface area contributed by atoms with E-state index >= 15 is 0 Å². The van der Waals surface area contributed by atoms with Crippen LogP contribution in [0.25, 0.3) is 10.9 Å². The quantitative estimate of drug-likeness (QED) is 0.731. The Balaban J connectivity index is 1.65. The van der Waals surface area contributed by atoms with Crippen LogP contribution >= 0.6 is 0 Å². The molecule has 0 atom stereocenters. The molecule has 0 aliphatic rings. The third-order valence-electron chi connectivity index (χ3n) is 3.23. The van der Waals surface area contributed by atoms with Crippen LogP contribution in [0.5, 0.6) is 0 Å². The van der Waals surface area contributed by atoms with Gasteiger partial charge in [0.1, 0.15) is 5.82 Å². The average molecular weight is 254 g/mol. The second kappa shape index (κ2) is 5.24. The summed E-state index contributed by atoms with van der Waals surface area (Å²) in [6.07, 6.45) is 2.03. The molecule has 0 spiro atoms. The number of fused-ring (bicyclic) bond motifs is 1. The van der Waals surface area contributed by atoms with E-state index in [-0.39, 0.29) is 5.82 Å². The molecule has 1 heterocycles. The molecule has 19 heavy (non-hydrogen) atoms. The molecule has 0 saturated heterocycles. The van der Waals surface area contributed by atoms with Gasteiger partial charge in [0.2, 0.25) is 0 Å². The Bertz CT molecular complexity index is 671. The van der Waals surface area contributed by atoms with E-state index in [0.29, 0.717) is 0 Å². The highest BCUT2D eigenvalue weighted by atomic mass is 19.1. The van der Waals surface area contributed by atoms with Crippen molar-refractivity contribution >= 4 is 10.9 Å². The van der Waals surface area contributed by atoms with Crippen LogP contribution in [0.4, 0.5) is 4.39 Å². The Labute approximate surface area is 111 Å². The van der Waals surface area contributed by atoms with Gasteiger partial charge in [0.05, 0.1) is 0 Å². The summed E-state index contributed by atoms with van der Waals surface area (Å²) in [5.41, 5.74) is 3.49. The molecule has 96 valence electrons. The fourth-order valence-corrected chi connectivity index (χ4v) is 2.22. The summed E-state index contributed by atoms with van der Waals surface area (Å²) in [5.74, 6) is -0.194. The Kier molecular flexibility index (Phi) is 3.29. The van der Waals surface area contributed by atoms with E-state index in [2.05, 4.69) is 22.4 Å². The van der Waals surface area contributed by atoms with Crippen LogP contribution in [-0.4, -0.2) is 4.98 Å². The van der Waals surface area contributed by atoms with Gasteiger partial charge in [0, 0.05) is 30.2 Å². The first-order valence-electron chi connectivity index (χ1n) is 6.33. The second-order valence-corrected chi connectivity index (χ2v) is 4.59. The molecule has 0 radical (unpaired) electrons. The number of benzene rings is 2. The lowest BCUT2D eigenvalue weighted by molar-refractivity contribution is 0.625. The lowest BCUT2D eigenvalue weighted by Crippen LogP contribution is -2.12. The number of halogens is 1. The van der Waals surface area contributed by atoms with Crippen molar-refractivity contribution in [1.29, 1.82) is 0 Å². The van der Waals surface area contributed by atoms with Gasteiger partial charge in [-0.1, -0.05) is 30.3 Å². The zero-order chi connectivity index (χ0) is 13.1. The molecule has 0 saturated carbocycles. The van der Waals surface area contributed by atoms with Gasteiger partial charge >= 0.3 is 0 Å². The average Bonchev–Trinajstić information content (AvgIpc) is 2.85. The first-order valence-corrected chi connectivity index (χ1v) is 6.33. The highest BCUT2D eigenvalue weighted by Gasteiger charge is 2.02. The minimum Gasteiger partial charge on any atom is -0.361 e. The standard InChI is InChI=1S/C16H15FN2/c17-14-7-5-12(6-8-14)9-18-10-13-11-19-16-4-2-1-3-15(13)16/h1-8,11,18-19H,9-10H2. The number of hydrogen-bond acceptors (Lipinski definition) is 1. The van der Waals surface area contributed by atoms with E-state index < -0.39 is 0 Å². The van der Waals surface area contributed by atoms with E-state index in [9.17, 15) is 4.39 Å². The predicted octanol–water partition coefficient (Wildman–Crippen LogP) is 3.60. The number of H-pyrrole nitrogens is 1. The molecule has 3 heteroatoms. The van der Waals surface area contributed by atoms with Crippen LogP contribution < -0.4 is 5.32 Å².